The third kappa shape index (κ3) is 3.57. The molecule has 3 aromatic carbocycles. The maximum Gasteiger partial charge on any atom is 0.0345 e. The first-order chi connectivity index (χ1) is 13.3. The van der Waals surface area contributed by atoms with E-state index in [1.807, 2.05) is 0 Å². The minimum atomic E-state index is 0.133. The second-order valence-corrected chi connectivity index (χ2v) is 7.68. The Labute approximate surface area is 163 Å². The van der Waals surface area contributed by atoms with Gasteiger partial charge >= 0.3 is 0 Å². The van der Waals surface area contributed by atoms with Crippen molar-refractivity contribution in [3.63, 3.8) is 0 Å². The van der Waals surface area contributed by atoms with E-state index in [0.717, 1.165) is 19.5 Å². The summed E-state index contributed by atoms with van der Waals surface area (Å²) in [6.07, 6.45) is 3.50. The van der Waals surface area contributed by atoms with Crippen LogP contribution in [0.3, 0.4) is 0 Å². The van der Waals surface area contributed by atoms with Crippen molar-refractivity contribution in [3.8, 4) is 0 Å². The molecule has 0 aromatic heterocycles. The van der Waals surface area contributed by atoms with Crippen LogP contribution in [0.25, 0.3) is 0 Å². The lowest BCUT2D eigenvalue weighted by atomic mass is 9.68. The highest BCUT2D eigenvalue weighted by molar-refractivity contribution is 5.40. The van der Waals surface area contributed by atoms with E-state index in [2.05, 4.69) is 103 Å². The third-order valence-electron chi connectivity index (χ3n) is 6.32. The molecular formula is C26H29N. The molecule has 1 heterocycles. The van der Waals surface area contributed by atoms with Crippen LogP contribution in [0.4, 0.5) is 0 Å². The zero-order valence-electron chi connectivity index (χ0n) is 16.2. The molecule has 0 bridgehead atoms. The molecule has 1 nitrogen and oxygen atoms in total. The highest BCUT2D eigenvalue weighted by Gasteiger charge is 2.39. The van der Waals surface area contributed by atoms with E-state index < -0.39 is 0 Å². The molecule has 3 aromatic rings. The Morgan fingerprint density at radius 2 is 1.15 bits per heavy atom. The molecule has 1 aliphatic rings. The Bertz CT molecular complexity index is 776. The van der Waals surface area contributed by atoms with E-state index in [0.29, 0.717) is 6.04 Å². The molecule has 0 saturated carbocycles. The van der Waals surface area contributed by atoms with Gasteiger partial charge in [-0.15, -0.1) is 0 Å². The minimum absolute atomic E-state index is 0.133. The van der Waals surface area contributed by atoms with Gasteiger partial charge in [0, 0.05) is 11.5 Å². The van der Waals surface area contributed by atoms with Crippen LogP contribution < -0.4 is 0 Å². The van der Waals surface area contributed by atoms with Gasteiger partial charge in [-0.05, 0) is 49.0 Å². The van der Waals surface area contributed by atoms with Gasteiger partial charge in [-0.3, -0.25) is 4.90 Å². The van der Waals surface area contributed by atoms with Crippen molar-refractivity contribution < 1.29 is 0 Å². The minimum Gasteiger partial charge on any atom is -0.296 e. The van der Waals surface area contributed by atoms with E-state index in [-0.39, 0.29) is 5.41 Å². The summed E-state index contributed by atoms with van der Waals surface area (Å²) in [5.74, 6) is 0. The van der Waals surface area contributed by atoms with Crippen molar-refractivity contribution in [2.24, 2.45) is 0 Å². The highest BCUT2D eigenvalue weighted by atomic mass is 15.2. The van der Waals surface area contributed by atoms with Gasteiger partial charge in [-0.2, -0.15) is 0 Å². The first kappa shape index (κ1) is 18.0. The number of likely N-dealkylation sites (tertiary alicyclic amines) is 1. The van der Waals surface area contributed by atoms with Gasteiger partial charge in [0.15, 0.2) is 0 Å². The molecule has 0 radical (unpaired) electrons. The van der Waals surface area contributed by atoms with E-state index >= 15 is 0 Å². The van der Waals surface area contributed by atoms with Crippen LogP contribution in [0.15, 0.2) is 91.0 Å². The molecule has 0 amide bonds. The van der Waals surface area contributed by atoms with Gasteiger partial charge in [0.25, 0.3) is 0 Å². The first-order valence-corrected chi connectivity index (χ1v) is 10.2. The fourth-order valence-electron chi connectivity index (χ4n) is 4.86. The Kier molecular flexibility index (Phi) is 5.40. The van der Waals surface area contributed by atoms with Crippen LogP contribution in [-0.4, -0.2) is 18.0 Å². The molecule has 1 saturated heterocycles. The maximum atomic E-state index is 2.69. The van der Waals surface area contributed by atoms with Crippen LogP contribution in [0.2, 0.25) is 0 Å². The van der Waals surface area contributed by atoms with Crippen LogP contribution in [0.1, 0.15) is 48.9 Å². The summed E-state index contributed by atoms with van der Waals surface area (Å²) in [4.78, 5) is 2.69. The van der Waals surface area contributed by atoms with Crippen LogP contribution >= 0.6 is 0 Å². The van der Waals surface area contributed by atoms with Gasteiger partial charge < -0.3 is 0 Å². The summed E-state index contributed by atoms with van der Waals surface area (Å²) in [7, 11) is 0. The predicted octanol–water partition coefficient (Wildman–Crippen LogP) is 6.22. The largest absolute Gasteiger partial charge is 0.296 e. The molecule has 27 heavy (non-hydrogen) atoms. The molecule has 1 aliphatic heterocycles. The maximum absolute atomic E-state index is 2.69. The second kappa shape index (κ2) is 8.10. The van der Waals surface area contributed by atoms with Crippen molar-refractivity contribution in [3.05, 3.63) is 108 Å². The zero-order valence-corrected chi connectivity index (χ0v) is 16.2. The van der Waals surface area contributed by atoms with Crippen LogP contribution in [-0.2, 0) is 5.41 Å². The van der Waals surface area contributed by atoms with Gasteiger partial charge in [-0.25, -0.2) is 0 Å². The SMILES string of the molecule is CCC(c1ccccc1)N1CCC(c2ccccc2)(c2ccccc2)CC1. The molecular weight excluding hydrogens is 326 g/mol. The van der Waals surface area contributed by atoms with Crippen LogP contribution in [0.5, 0.6) is 0 Å². The number of piperidine rings is 1. The fourth-order valence-corrected chi connectivity index (χ4v) is 4.86. The number of nitrogens with zero attached hydrogens (tertiary/aromatic N) is 1. The number of benzene rings is 3. The fraction of sp³-hybridized carbons (Fsp3) is 0.308. The molecule has 1 unspecified atom stereocenters. The summed E-state index contributed by atoms with van der Waals surface area (Å²) in [5.41, 5.74) is 4.51. The molecule has 1 atom stereocenters. The topological polar surface area (TPSA) is 3.24 Å². The lowest BCUT2D eigenvalue weighted by molar-refractivity contribution is 0.125. The van der Waals surface area contributed by atoms with Gasteiger partial charge in [0.1, 0.15) is 0 Å². The molecule has 0 aliphatic carbocycles. The van der Waals surface area contributed by atoms with Crippen molar-refractivity contribution >= 4 is 0 Å². The number of rotatable bonds is 5. The molecule has 1 fully saturated rings. The van der Waals surface area contributed by atoms with Gasteiger partial charge in [-0.1, -0.05) is 97.9 Å². The Morgan fingerprint density at radius 1 is 0.704 bits per heavy atom. The Hall–Kier alpha value is -2.38. The lowest BCUT2D eigenvalue weighted by Crippen LogP contribution is -2.44. The zero-order chi connectivity index (χ0) is 18.5. The van der Waals surface area contributed by atoms with Crippen molar-refractivity contribution in [1.82, 2.24) is 4.90 Å². The monoisotopic (exact) mass is 355 g/mol. The first-order valence-electron chi connectivity index (χ1n) is 10.2. The predicted molar refractivity (Wildman–Crippen MR) is 114 cm³/mol. The number of hydrogen-bond acceptors (Lipinski definition) is 1. The molecule has 4 rings (SSSR count). The Morgan fingerprint density at radius 3 is 1.59 bits per heavy atom. The summed E-state index contributed by atoms with van der Waals surface area (Å²) in [5, 5.41) is 0. The summed E-state index contributed by atoms with van der Waals surface area (Å²) in [6.45, 7) is 4.59. The number of hydrogen-bond donors (Lipinski definition) is 0. The van der Waals surface area contributed by atoms with Crippen molar-refractivity contribution in [1.29, 1.82) is 0 Å². The summed E-state index contributed by atoms with van der Waals surface area (Å²) >= 11 is 0. The molecule has 138 valence electrons. The van der Waals surface area contributed by atoms with Crippen LogP contribution in [0, 0.1) is 0 Å². The van der Waals surface area contributed by atoms with E-state index in [1.54, 1.807) is 0 Å². The average molecular weight is 356 g/mol. The lowest BCUT2D eigenvalue weighted by Gasteiger charge is -2.45. The van der Waals surface area contributed by atoms with E-state index in [4.69, 9.17) is 0 Å². The Balaban J connectivity index is 1.62. The van der Waals surface area contributed by atoms with Crippen molar-refractivity contribution in [2.75, 3.05) is 13.1 Å². The average Bonchev–Trinajstić information content (AvgIpc) is 2.77. The van der Waals surface area contributed by atoms with Gasteiger partial charge in [0.05, 0.1) is 0 Å². The summed E-state index contributed by atoms with van der Waals surface area (Å²) in [6, 6.07) is 33.8. The second-order valence-electron chi connectivity index (χ2n) is 7.68. The van der Waals surface area contributed by atoms with Gasteiger partial charge in [0.2, 0.25) is 0 Å². The van der Waals surface area contributed by atoms with Crippen molar-refractivity contribution in [2.45, 2.75) is 37.6 Å². The molecule has 0 N–H and O–H groups in total. The highest BCUT2D eigenvalue weighted by Crippen LogP contribution is 2.43. The molecule has 0 spiro atoms. The smallest absolute Gasteiger partial charge is 0.0345 e. The quantitative estimate of drug-likeness (QED) is 0.525. The normalized spacial score (nSPS) is 18.1. The third-order valence-corrected chi connectivity index (χ3v) is 6.32. The summed E-state index contributed by atoms with van der Waals surface area (Å²) < 4.78 is 0. The van der Waals surface area contributed by atoms with E-state index in [1.165, 1.54) is 29.5 Å². The van der Waals surface area contributed by atoms with E-state index in [9.17, 15) is 0 Å². The standard InChI is InChI=1S/C26H29N/c1-2-25(22-12-6-3-7-13-22)27-20-18-26(19-21-27,23-14-8-4-9-15-23)24-16-10-5-11-17-24/h3-17,25H,2,18-21H2,1H3. The molecule has 1 heteroatoms.